The Hall–Kier alpha value is -0.910. The Morgan fingerprint density at radius 3 is 2.75 bits per heavy atom. The number of hydrogen-bond acceptors (Lipinski definition) is 3. The number of anilines is 1. The van der Waals surface area contributed by atoms with Crippen molar-refractivity contribution >= 4 is 45.4 Å². The molecule has 108 valence electrons. The van der Waals surface area contributed by atoms with Gasteiger partial charge in [-0.1, -0.05) is 27.5 Å². The normalized spacial score (nSPS) is 16.9. The van der Waals surface area contributed by atoms with E-state index in [-0.39, 0.29) is 11.8 Å². The second kappa shape index (κ2) is 7.20. The van der Waals surface area contributed by atoms with Crippen LogP contribution >= 0.6 is 27.5 Å². The van der Waals surface area contributed by atoms with Crippen LogP contribution in [0.2, 0.25) is 5.02 Å². The fourth-order valence-electron chi connectivity index (χ4n) is 2.23. The van der Waals surface area contributed by atoms with Crippen LogP contribution in [0.5, 0.6) is 0 Å². The molecule has 0 bridgehead atoms. The fraction of sp³-hybridized carbons (Fsp3) is 0.429. The highest BCUT2D eigenvalue weighted by Crippen LogP contribution is 2.25. The van der Waals surface area contributed by atoms with Gasteiger partial charge in [0.05, 0.1) is 17.3 Å². The lowest BCUT2D eigenvalue weighted by Crippen LogP contribution is -2.39. The van der Waals surface area contributed by atoms with E-state index >= 15 is 0 Å². The summed E-state index contributed by atoms with van der Waals surface area (Å²) in [5.41, 5.74) is 0.614. The zero-order valence-electron chi connectivity index (χ0n) is 10.9. The van der Waals surface area contributed by atoms with Crippen molar-refractivity contribution in [3.63, 3.8) is 0 Å². The summed E-state index contributed by atoms with van der Waals surface area (Å²) in [6, 6.07) is 5.34. The highest BCUT2D eigenvalue weighted by atomic mass is 79.9. The molecule has 0 radical (unpaired) electrons. The van der Waals surface area contributed by atoms with E-state index in [9.17, 15) is 9.59 Å². The minimum absolute atomic E-state index is 0.0845. The van der Waals surface area contributed by atoms with E-state index in [0.29, 0.717) is 17.3 Å². The Morgan fingerprint density at radius 1 is 1.45 bits per heavy atom. The Labute approximate surface area is 131 Å². The molecule has 1 heterocycles. The van der Waals surface area contributed by atoms with E-state index in [2.05, 4.69) is 26.1 Å². The van der Waals surface area contributed by atoms with E-state index in [1.807, 2.05) is 6.07 Å². The third-order valence-electron chi connectivity index (χ3n) is 3.40. The van der Waals surface area contributed by atoms with Gasteiger partial charge in [-0.15, -0.1) is 0 Å². The van der Waals surface area contributed by atoms with Crippen LogP contribution in [-0.4, -0.2) is 36.7 Å². The summed E-state index contributed by atoms with van der Waals surface area (Å²) in [4.78, 5) is 24.7. The van der Waals surface area contributed by atoms with Crippen molar-refractivity contribution in [1.82, 2.24) is 4.90 Å². The molecule has 0 spiro atoms. The summed E-state index contributed by atoms with van der Waals surface area (Å²) >= 11 is 9.38. The molecule has 6 heteroatoms. The molecule has 1 amide bonds. The lowest BCUT2D eigenvalue weighted by molar-refractivity contribution is -0.117. The molecule has 20 heavy (non-hydrogen) atoms. The summed E-state index contributed by atoms with van der Waals surface area (Å²) in [6.07, 6.45) is 2.67. The van der Waals surface area contributed by atoms with Gasteiger partial charge in [-0.25, -0.2) is 0 Å². The van der Waals surface area contributed by atoms with E-state index < -0.39 is 0 Å². The number of aldehydes is 1. The van der Waals surface area contributed by atoms with Gasteiger partial charge in [0.2, 0.25) is 5.91 Å². The Morgan fingerprint density at radius 2 is 2.15 bits per heavy atom. The average Bonchev–Trinajstić information content (AvgIpc) is 2.43. The first kappa shape index (κ1) is 15.5. The highest BCUT2D eigenvalue weighted by molar-refractivity contribution is 9.10. The van der Waals surface area contributed by atoms with Crippen molar-refractivity contribution in [3.05, 3.63) is 27.7 Å². The van der Waals surface area contributed by atoms with Crippen LogP contribution in [0.1, 0.15) is 12.8 Å². The minimum atomic E-state index is -0.0845. The van der Waals surface area contributed by atoms with Crippen molar-refractivity contribution in [1.29, 1.82) is 0 Å². The largest absolute Gasteiger partial charge is 0.324 e. The topological polar surface area (TPSA) is 49.4 Å². The van der Waals surface area contributed by atoms with Gasteiger partial charge in [-0.3, -0.25) is 9.69 Å². The van der Waals surface area contributed by atoms with Crippen molar-refractivity contribution in [2.75, 3.05) is 25.0 Å². The molecule has 0 aliphatic carbocycles. The van der Waals surface area contributed by atoms with Gasteiger partial charge in [0.25, 0.3) is 0 Å². The molecule has 0 aromatic heterocycles. The van der Waals surface area contributed by atoms with Crippen LogP contribution in [0.15, 0.2) is 22.7 Å². The van der Waals surface area contributed by atoms with Gasteiger partial charge in [-0.05, 0) is 44.1 Å². The maximum atomic E-state index is 12.0. The molecule has 0 saturated carbocycles. The molecule has 1 fully saturated rings. The zero-order valence-corrected chi connectivity index (χ0v) is 13.3. The second-order valence-corrected chi connectivity index (χ2v) is 6.24. The summed E-state index contributed by atoms with van der Waals surface area (Å²) in [5, 5.41) is 3.31. The maximum Gasteiger partial charge on any atom is 0.238 e. The first-order valence-electron chi connectivity index (χ1n) is 6.51. The molecule has 1 aromatic carbocycles. The molecule has 1 N–H and O–H groups in total. The van der Waals surface area contributed by atoms with E-state index in [1.165, 1.54) is 0 Å². The van der Waals surface area contributed by atoms with Crippen LogP contribution < -0.4 is 5.32 Å². The predicted octanol–water partition coefficient (Wildman–Crippen LogP) is 2.95. The van der Waals surface area contributed by atoms with Gasteiger partial charge in [0, 0.05) is 10.4 Å². The first-order chi connectivity index (χ1) is 9.58. The summed E-state index contributed by atoms with van der Waals surface area (Å²) in [5.74, 6) is 0.0639. The van der Waals surface area contributed by atoms with Crippen LogP contribution in [-0.2, 0) is 9.59 Å². The van der Waals surface area contributed by atoms with E-state index in [1.54, 1.807) is 12.1 Å². The first-order valence-corrected chi connectivity index (χ1v) is 7.68. The minimum Gasteiger partial charge on any atom is -0.324 e. The number of likely N-dealkylation sites (tertiary alicyclic amines) is 1. The third kappa shape index (κ3) is 4.30. The summed E-state index contributed by atoms with van der Waals surface area (Å²) in [6.45, 7) is 1.90. The molecule has 2 rings (SSSR count). The molecular formula is C14H16BrClN2O2. The Bertz CT molecular complexity index is 502. The molecule has 1 aliphatic heterocycles. The Balaban J connectivity index is 1.85. The van der Waals surface area contributed by atoms with Crippen LogP contribution in [0.25, 0.3) is 0 Å². The quantitative estimate of drug-likeness (QED) is 0.841. The number of nitrogens with zero attached hydrogens (tertiary/aromatic N) is 1. The van der Waals surface area contributed by atoms with E-state index in [0.717, 1.165) is 36.7 Å². The number of halogens is 2. The average molecular weight is 360 g/mol. The van der Waals surface area contributed by atoms with Crippen molar-refractivity contribution in [2.45, 2.75) is 12.8 Å². The lowest BCUT2D eigenvalue weighted by Gasteiger charge is -2.28. The standard InChI is InChI=1S/C14H16BrClN2O2/c15-11-1-2-13(12(16)7-11)17-14(20)8-18-5-3-10(9-19)4-6-18/h1-2,7,9-10H,3-6,8H2,(H,17,20). The van der Waals surface area contributed by atoms with Gasteiger partial charge in [0.1, 0.15) is 6.29 Å². The van der Waals surface area contributed by atoms with Crippen molar-refractivity contribution < 1.29 is 9.59 Å². The summed E-state index contributed by atoms with van der Waals surface area (Å²) in [7, 11) is 0. The number of amides is 1. The highest BCUT2D eigenvalue weighted by Gasteiger charge is 2.20. The van der Waals surface area contributed by atoms with Gasteiger partial charge in [0.15, 0.2) is 0 Å². The number of nitrogens with one attached hydrogen (secondary N) is 1. The van der Waals surface area contributed by atoms with Crippen molar-refractivity contribution in [3.8, 4) is 0 Å². The fourth-order valence-corrected chi connectivity index (χ4v) is 2.95. The maximum absolute atomic E-state index is 12.0. The lowest BCUT2D eigenvalue weighted by atomic mass is 9.99. The number of benzene rings is 1. The van der Waals surface area contributed by atoms with Crippen LogP contribution in [0.4, 0.5) is 5.69 Å². The molecule has 1 saturated heterocycles. The van der Waals surface area contributed by atoms with E-state index in [4.69, 9.17) is 11.6 Å². The number of hydrogen-bond donors (Lipinski definition) is 1. The smallest absolute Gasteiger partial charge is 0.238 e. The molecule has 1 aromatic rings. The third-order valence-corrected chi connectivity index (χ3v) is 4.20. The predicted molar refractivity (Wildman–Crippen MR) is 83.0 cm³/mol. The van der Waals surface area contributed by atoms with Crippen molar-refractivity contribution in [2.24, 2.45) is 5.92 Å². The molecular weight excluding hydrogens is 344 g/mol. The SMILES string of the molecule is O=CC1CCN(CC(=O)Nc2ccc(Br)cc2Cl)CC1. The zero-order chi connectivity index (χ0) is 14.5. The second-order valence-electron chi connectivity index (χ2n) is 4.92. The number of piperidine rings is 1. The number of carbonyl (C=O) groups is 2. The Kier molecular flexibility index (Phi) is 5.57. The van der Waals surface area contributed by atoms with Gasteiger partial charge in [-0.2, -0.15) is 0 Å². The van der Waals surface area contributed by atoms with Gasteiger partial charge >= 0.3 is 0 Å². The summed E-state index contributed by atoms with van der Waals surface area (Å²) < 4.78 is 0.872. The molecule has 0 atom stereocenters. The van der Waals surface area contributed by atoms with Crippen LogP contribution in [0.3, 0.4) is 0 Å². The number of carbonyl (C=O) groups excluding carboxylic acids is 2. The molecule has 4 nitrogen and oxygen atoms in total. The van der Waals surface area contributed by atoms with Gasteiger partial charge < -0.3 is 10.1 Å². The molecule has 0 unspecified atom stereocenters. The molecule has 1 aliphatic rings. The monoisotopic (exact) mass is 358 g/mol. The number of rotatable bonds is 4. The van der Waals surface area contributed by atoms with Crippen LogP contribution in [0, 0.1) is 5.92 Å².